The van der Waals surface area contributed by atoms with Gasteiger partial charge in [0.2, 0.25) is 0 Å². The lowest BCUT2D eigenvalue weighted by molar-refractivity contribution is 0.627. The molecule has 0 aliphatic heterocycles. The summed E-state index contributed by atoms with van der Waals surface area (Å²) < 4.78 is 29.0. The van der Waals surface area contributed by atoms with Crippen molar-refractivity contribution in [2.75, 3.05) is 0 Å². The molecule has 0 radical (unpaired) electrons. The van der Waals surface area contributed by atoms with Crippen LogP contribution in [0.15, 0.2) is 81.9 Å². The first-order valence-electron chi connectivity index (χ1n) is 10.8. The van der Waals surface area contributed by atoms with Crippen LogP contribution in [-0.4, -0.2) is 12.4 Å². The molecule has 0 aromatic heterocycles. The number of hydrogen-bond acceptors (Lipinski definition) is 2. The van der Waals surface area contributed by atoms with Gasteiger partial charge in [0, 0.05) is 22.9 Å². The zero-order chi connectivity index (χ0) is 23.8. The minimum atomic E-state index is -0.315. The Balaban J connectivity index is 2.57. The predicted molar refractivity (Wildman–Crippen MR) is 134 cm³/mol. The van der Waals surface area contributed by atoms with Crippen LogP contribution in [0.4, 0.5) is 14.5 Å². The number of halogens is 2. The molecule has 1 unspecified atom stereocenters. The zero-order valence-electron chi connectivity index (χ0n) is 19.7. The first kappa shape index (κ1) is 25.1. The van der Waals surface area contributed by atoms with Gasteiger partial charge >= 0.3 is 0 Å². The van der Waals surface area contributed by atoms with Crippen LogP contribution in [0.2, 0.25) is 0 Å². The summed E-state index contributed by atoms with van der Waals surface area (Å²) in [6, 6.07) is 11.7. The van der Waals surface area contributed by atoms with Gasteiger partial charge in [-0.1, -0.05) is 31.2 Å². The summed E-state index contributed by atoms with van der Waals surface area (Å²) >= 11 is 0. The van der Waals surface area contributed by atoms with E-state index < -0.39 is 0 Å². The van der Waals surface area contributed by atoms with Crippen molar-refractivity contribution in [2.24, 2.45) is 9.98 Å². The Hall–Kier alpha value is -3.14. The fourth-order valence-corrected chi connectivity index (χ4v) is 3.67. The standard InChI is InChI=1S/C28H32F2N2/c1-8-22(16-21-10-13-24(29)14-11-21)28(30)26-17-23(12-15-27(26)31-7)25(9-2)19(5)20(6)32-18(3)4/h9-15,17,25H,2,7-8,16H2,1,3-6H3/b20-19+,28-22-. The summed E-state index contributed by atoms with van der Waals surface area (Å²) in [6.07, 6.45) is 2.77. The number of nitrogens with zero attached hydrogens (tertiary/aromatic N) is 2. The molecule has 4 heteroatoms. The van der Waals surface area contributed by atoms with Crippen LogP contribution in [0, 0.1) is 5.82 Å². The Labute approximate surface area is 190 Å². The van der Waals surface area contributed by atoms with Crippen LogP contribution in [0.1, 0.15) is 63.6 Å². The van der Waals surface area contributed by atoms with E-state index in [0.717, 1.165) is 28.1 Å². The third kappa shape index (κ3) is 6.19. The van der Waals surface area contributed by atoms with Crippen LogP contribution in [0.5, 0.6) is 0 Å². The van der Waals surface area contributed by atoms with Crippen LogP contribution in [0.3, 0.4) is 0 Å². The highest BCUT2D eigenvalue weighted by atomic mass is 19.1. The Morgan fingerprint density at radius 3 is 2.25 bits per heavy atom. The fourth-order valence-electron chi connectivity index (χ4n) is 3.67. The highest BCUT2D eigenvalue weighted by molar-refractivity contribution is 5.80. The molecule has 168 valence electrons. The lowest BCUT2D eigenvalue weighted by atomic mass is 9.88. The summed E-state index contributed by atoms with van der Waals surface area (Å²) in [7, 11) is 0. The second kappa shape index (κ2) is 11.5. The zero-order valence-corrected chi connectivity index (χ0v) is 19.7. The lowest BCUT2D eigenvalue weighted by Gasteiger charge is -2.18. The second-order valence-corrected chi connectivity index (χ2v) is 8.05. The molecule has 2 aromatic carbocycles. The number of benzene rings is 2. The van der Waals surface area contributed by atoms with E-state index in [2.05, 4.69) is 23.3 Å². The molecule has 0 N–H and O–H groups in total. The summed E-state index contributed by atoms with van der Waals surface area (Å²) in [5.74, 6) is -0.728. The molecule has 0 saturated heterocycles. The molecule has 0 fully saturated rings. The Bertz CT molecular complexity index is 1070. The van der Waals surface area contributed by atoms with Gasteiger partial charge in [-0.25, -0.2) is 8.78 Å². The first-order valence-corrected chi connectivity index (χ1v) is 10.8. The van der Waals surface area contributed by atoms with Gasteiger partial charge in [-0.05, 0) is 93.8 Å². The number of allylic oxidation sites excluding steroid dienone is 4. The van der Waals surface area contributed by atoms with Crippen molar-refractivity contribution in [1.29, 1.82) is 0 Å². The van der Waals surface area contributed by atoms with Crippen molar-refractivity contribution < 1.29 is 8.78 Å². The van der Waals surface area contributed by atoms with Crippen LogP contribution in [0.25, 0.3) is 5.83 Å². The van der Waals surface area contributed by atoms with Crippen molar-refractivity contribution >= 4 is 23.9 Å². The summed E-state index contributed by atoms with van der Waals surface area (Å²) in [6.45, 7) is 17.4. The van der Waals surface area contributed by atoms with Crippen molar-refractivity contribution in [3.63, 3.8) is 0 Å². The van der Waals surface area contributed by atoms with E-state index in [-0.39, 0.29) is 17.6 Å². The maximum absolute atomic E-state index is 15.7. The molecule has 0 bridgehead atoms. The van der Waals surface area contributed by atoms with Gasteiger partial charge in [0.25, 0.3) is 0 Å². The Morgan fingerprint density at radius 2 is 1.72 bits per heavy atom. The molecule has 0 amide bonds. The molecule has 2 rings (SSSR count). The smallest absolute Gasteiger partial charge is 0.132 e. The first-order chi connectivity index (χ1) is 15.2. The molecular formula is C28H32F2N2. The quantitative estimate of drug-likeness (QED) is 0.279. The fraction of sp³-hybridized carbons (Fsp3) is 0.286. The number of rotatable bonds is 9. The van der Waals surface area contributed by atoms with E-state index in [1.54, 1.807) is 18.2 Å². The molecule has 0 aliphatic rings. The molecule has 1 atom stereocenters. The summed E-state index contributed by atoms with van der Waals surface area (Å²) in [5, 5.41) is 0. The van der Waals surface area contributed by atoms with Crippen LogP contribution in [-0.2, 0) is 6.42 Å². The van der Waals surface area contributed by atoms with Crippen molar-refractivity contribution in [3.05, 3.63) is 94.5 Å². The molecule has 32 heavy (non-hydrogen) atoms. The highest BCUT2D eigenvalue weighted by Crippen LogP contribution is 2.36. The van der Waals surface area contributed by atoms with E-state index in [1.807, 2.05) is 52.8 Å². The average Bonchev–Trinajstić information content (AvgIpc) is 2.78. The third-order valence-electron chi connectivity index (χ3n) is 5.52. The van der Waals surface area contributed by atoms with E-state index in [9.17, 15) is 4.39 Å². The second-order valence-electron chi connectivity index (χ2n) is 8.05. The van der Waals surface area contributed by atoms with E-state index in [4.69, 9.17) is 0 Å². The third-order valence-corrected chi connectivity index (χ3v) is 5.52. The van der Waals surface area contributed by atoms with Gasteiger partial charge < -0.3 is 0 Å². The Kier molecular flexibility index (Phi) is 9.01. The molecule has 0 aliphatic carbocycles. The predicted octanol–water partition coefficient (Wildman–Crippen LogP) is 8.54. The Morgan fingerprint density at radius 1 is 1.06 bits per heavy atom. The monoisotopic (exact) mass is 434 g/mol. The maximum atomic E-state index is 15.7. The van der Waals surface area contributed by atoms with E-state index in [1.165, 1.54) is 12.1 Å². The average molecular weight is 435 g/mol. The normalized spacial score (nSPS) is 13.6. The maximum Gasteiger partial charge on any atom is 0.132 e. The molecule has 0 spiro atoms. The largest absolute Gasteiger partial charge is 0.264 e. The minimum absolute atomic E-state index is 0.106. The van der Waals surface area contributed by atoms with Gasteiger partial charge in [0.15, 0.2) is 0 Å². The van der Waals surface area contributed by atoms with Crippen LogP contribution < -0.4 is 0 Å². The number of aliphatic imine (C=N–C) groups is 2. The molecule has 0 saturated carbocycles. The van der Waals surface area contributed by atoms with Gasteiger partial charge in [-0.3, -0.25) is 9.98 Å². The highest BCUT2D eigenvalue weighted by Gasteiger charge is 2.18. The minimum Gasteiger partial charge on any atom is -0.264 e. The van der Waals surface area contributed by atoms with E-state index >= 15 is 4.39 Å². The SMILES string of the molecule is C=CC(/C(C)=C(\C)N=C(C)C)c1ccc(N=C)c(/C(F)=C(\CC)Cc2ccc(F)cc2)c1. The number of hydrogen-bond donors (Lipinski definition) is 0. The van der Waals surface area contributed by atoms with Crippen LogP contribution >= 0.6 is 0 Å². The van der Waals surface area contributed by atoms with Crippen molar-refractivity contribution in [3.8, 4) is 0 Å². The topological polar surface area (TPSA) is 24.7 Å². The van der Waals surface area contributed by atoms with E-state index in [0.29, 0.717) is 29.7 Å². The lowest BCUT2D eigenvalue weighted by Crippen LogP contribution is -2.01. The molecule has 0 heterocycles. The van der Waals surface area contributed by atoms with Gasteiger partial charge in [0.1, 0.15) is 11.6 Å². The van der Waals surface area contributed by atoms with Gasteiger partial charge in [0.05, 0.1) is 5.69 Å². The van der Waals surface area contributed by atoms with Crippen molar-refractivity contribution in [2.45, 2.75) is 53.4 Å². The summed E-state index contributed by atoms with van der Waals surface area (Å²) in [4.78, 5) is 8.61. The van der Waals surface area contributed by atoms with Gasteiger partial charge in [-0.2, -0.15) is 0 Å². The molecular weight excluding hydrogens is 402 g/mol. The van der Waals surface area contributed by atoms with Crippen molar-refractivity contribution in [1.82, 2.24) is 0 Å². The molecule has 2 nitrogen and oxygen atoms in total. The van der Waals surface area contributed by atoms with Gasteiger partial charge in [-0.15, -0.1) is 6.58 Å². The summed E-state index contributed by atoms with van der Waals surface area (Å²) in [5.41, 5.74) is 6.23. The molecule has 2 aromatic rings.